The summed E-state index contributed by atoms with van der Waals surface area (Å²) in [6.07, 6.45) is 0. The van der Waals surface area contributed by atoms with Gasteiger partial charge in [0.1, 0.15) is 11.7 Å². The highest BCUT2D eigenvalue weighted by atomic mass is 16.4. The largest absolute Gasteiger partial charge is 0.476 e. The van der Waals surface area contributed by atoms with Gasteiger partial charge >= 0.3 is 5.97 Å². The van der Waals surface area contributed by atoms with Gasteiger partial charge in [-0.1, -0.05) is 48.5 Å². The lowest BCUT2D eigenvalue weighted by molar-refractivity contribution is 0.0690. The van der Waals surface area contributed by atoms with Crippen molar-refractivity contribution in [3.63, 3.8) is 0 Å². The average Bonchev–Trinajstić information content (AvgIpc) is 2.81. The van der Waals surface area contributed by atoms with E-state index in [9.17, 15) is 14.7 Å². The summed E-state index contributed by atoms with van der Waals surface area (Å²) < 4.78 is 0. The second-order valence-corrected chi connectivity index (χ2v) is 7.22. The number of benzene rings is 2. The number of carbonyl (C=O) groups excluding carboxylic acids is 1. The van der Waals surface area contributed by atoms with E-state index in [0.717, 1.165) is 11.1 Å². The molecule has 11 N–H and O–H groups in total. The monoisotopic (exact) mass is 461 g/mol. The molecule has 34 heavy (non-hydrogen) atoms. The Kier molecular flexibility index (Phi) is 7.01. The first-order chi connectivity index (χ1) is 16.2. The number of nitrogen functional groups attached to an aromatic ring is 3. The van der Waals surface area contributed by atoms with Crippen molar-refractivity contribution in [2.24, 2.45) is 11.5 Å². The zero-order chi connectivity index (χ0) is 24.8. The number of aromatic nitrogens is 2. The summed E-state index contributed by atoms with van der Waals surface area (Å²) in [4.78, 5) is 32.2. The number of amidine groups is 2. The fourth-order valence-corrected chi connectivity index (χ4v) is 2.94. The lowest BCUT2D eigenvalue weighted by Gasteiger charge is -2.13. The topological polar surface area (TPSA) is 230 Å². The maximum Gasteiger partial charge on any atom is 0.358 e. The molecule has 0 saturated carbocycles. The molecule has 12 heteroatoms. The summed E-state index contributed by atoms with van der Waals surface area (Å²) in [6, 6.07) is 13.6. The number of nitrogens with zero attached hydrogens (tertiary/aromatic N) is 2. The van der Waals surface area contributed by atoms with Gasteiger partial charge in [-0.05, 0) is 11.1 Å². The quantitative estimate of drug-likeness (QED) is 0.166. The molecule has 174 valence electrons. The third-order valence-corrected chi connectivity index (χ3v) is 4.78. The van der Waals surface area contributed by atoms with E-state index in [1.165, 1.54) is 0 Å². The number of anilines is 2. The minimum atomic E-state index is -1.38. The second kappa shape index (κ2) is 10.1. The van der Waals surface area contributed by atoms with Crippen LogP contribution in [0, 0.1) is 10.8 Å². The van der Waals surface area contributed by atoms with Gasteiger partial charge in [0.2, 0.25) is 0 Å². The number of carbonyl (C=O) groups is 2. The van der Waals surface area contributed by atoms with E-state index in [1.807, 2.05) is 0 Å². The van der Waals surface area contributed by atoms with Crippen LogP contribution in [-0.2, 0) is 13.1 Å². The van der Waals surface area contributed by atoms with E-state index < -0.39 is 17.6 Å². The Labute approximate surface area is 194 Å². The number of nitrogens with one attached hydrogen (secondary N) is 4. The van der Waals surface area contributed by atoms with Crippen molar-refractivity contribution in [3.05, 3.63) is 82.2 Å². The summed E-state index contributed by atoms with van der Waals surface area (Å²) in [7, 11) is 0. The zero-order valence-corrected chi connectivity index (χ0v) is 17.9. The normalized spacial score (nSPS) is 10.4. The highest BCUT2D eigenvalue weighted by Crippen LogP contribution is 2.18. The third-order valence-electron chi connectivity index (χ3n) is 4.78. The van der Waals surface area contributed by atoms with Crippen LogP contribution in [0.5, 0.6) is 0 Å². The second-order valence-electron chi connectivity index (χ2n) is 7.22. The molecule has 0 aliphatic rings. The maximum absolute atomic E-state index is 12.8. The first kappa shape index (κ1) is 23.7. The third kappa shape index (κ3) is 5.62. The molecule has 0 atom stereocenters. The molecule has 2 aromatic carbocycles. The molecule has 1 heterocycles. The predicted molar refractivity (Wildman–Crippen MR) is 127 cm³/mol. The predicted octanol–water partition coefficient (Wildman–Crippen LogP) is 0.867. The van der Waals surface area contributed by atoms with Crippen LogP contribution >= 0.6 is 0 Å². The first-order valence-electron chi connectivity index (χ1n) is 9.95. The van der Waals surface area contributed by atoms with E-state index in [1.54, 1.807) is 48.5 Å². The zero-order valence-electron chi connectivity index (χ0n) is 17.9. The van der Waals surface area contributed by atoms with Gasteiger partial charge in [0, 0.05) is 24.2 Å². The van der Waals surface area contributed by atoms with Gasteiger partial charge in [-0.3, -0.25) is 15.6 Å². The molecule has 0 aliphatic carbocycles. The molecule has 1 aromatic heterocycles. The van der Waals surface area contributed by atoms with Gasteiger partial charge in [0.05, 0.1) is 0 Å². The Morgan fingerprint density at radius 2 is 1.32 bits per heavy atom. The van der Waals surface area contributed by atoms with Crippen molar-refractivity contribution in [2.75, 3.05) is 11.1 Å². The van der Waals surface area contributed by atoms with Crippen molar-refractivity contribution in [3.8, 4) is 0 Å². The van der Waals surface area contributed by atoms with Crippen molar-refractivity contribution in [1.82, 2.24) is 15.3 Å². The Bertz CT molecular complexity index is 1260. The van der Waals surface area contributed by atoms with Gasteiger partial charge in [0.15, 0.2) is 23.0 Å². The van der Waals surface area contributed by atoms with Gasteiger partial charge in [-0.2, -0.15) is 0 Å². The molecule has 12 nitrogen and oxygen atoms in total. The number of amides is 1. The molecule has 0 spiro atoms. The summed E-state index contributed by atoms with van der Waals surface area (Å²) in [6.45, 7) is 0.341. The number of carboxylic acid groups (broad SMARTS) is 1. The van der Waals surface area contributed by atoms with Crippen molar-refractivity contribution >= 4 is 35.2 Å². The van der Waals surface area contributed by atoms with E-state index in [2.05, 4.69) is 20.6 Å². The van der Waals surface area contributed by atoms with Crippen LogP contribution in [0.25, 0.3) is 0 Å². The highest BCUT2D eigenvalue weighted by Gasteiger charge is 2.21. The van der Waals surface area contributed by atoms with Crippen LogP contribution in [0.2, 0.25) is 0 Å². The minimum Gasteiger partial charge on any atom is -0.476 e. The number of aromatic carboxylic acids is 1. The molecule has 3 aromatic rings. The summed E-state index contributed by atoms with van der Waals surface area (Å²) in [5.41, 5.74) is 18.6. The van der Waals surface area contributed by atoms with Crippen LogP contribution in [0.4, 0.5) is 11.6 Å². The SMILES string of the molecule is N=C(N)c1ccc(CNC(=O)c2nc(N)c(C(=O)O)nc2NCc2ccc(C(=N)N)cc2)cc1. The van der Waals surface area contributed by atoms with Crippen molar-refractivity contribution in [2.45, 2.75) is 13.1 Å². The number of carboxylic acids is 1. The highest BCUT2D eigenvalue weighted by molar-refractivity contribution is 5.99. The molecule has 0 unspecified atom stereocenters. The Balaban J connectivity index is 1.79. The van der Waals surface area contributed by atoms with E-state index >= 15 is 0 Å². The Morgan fingerprint density at radius 1 is 0.824 bits per heavy atom. The number of nitrogens with two attached hydrogens (primary N) is 3. The molecule has 0 aliphatic heterocycles. The lowest BCUT2D eigenvalue weighted by atomic mass is 10.1. The number of hydrogen-bond acceptors (Lipinski definition) is 8. The van der Waals surface area contributed by atoms with Gasteiger partial charge in [-0.15, -0.1) is 0 Å². The first-order valence-corrected chi connectivity index (χ1v) is 9.95. The molecule has 3 rings (SSSR count). The molecule has 1 amide bonds. The molecule has 0 bridgehead atoms. The van der Waals surface area contributed by atoms with Crippen LogP contribution in [0.15, 0.2) is 48.5 Å². The summed E-state index contributed by atoms with van der Waals surface area (Å²) >= 11 is 0. The Hall–Kier alpha value is -5.00. The van der Waals surface area contributed by atoms with Crippen molar-refractivity contribution in [1.29, 1.82) is 10.8 Å². The van der Waals surface area contributed by atoms with E-state index in [-0.39, 0.29) is 42.1 Å². The average molecular weight is 461 g/mol. The number of hydrogen-bond donors (Lipinski definition) is 8. The van der Waals surface area contributed by atoms with E-state index in [4.69, 9.17) is 28.0 Å². The van der Waals surface area contributed by atoms with Gasteiger partial charge in [-0.25, -0.2) is 14.8 Å². The molecule has 0 radical (unpaired) electrons. The van der Waals surface area contributed by atoms with Crippen LogP contribution < -0.4 is 27.8 Å². The Morgan fingerprint density at radius 3 is 1.79 bits per heavy atom. The minimum absolute atomic E-state index is 0.0494. The molecular weight excluding hydrogens is 438 g/mol. The number of rotatable bonds is 9. The molecule has 0 fully saturated rings. The molecule has 0 saturated heterocycles. The maximum atomic E-state index is 12.8. The van der Waals surface area contributed by atoms with Crippen LogP contribution in [0.1, 0.15) is 43.2 Å². The lowest BCUT2D eigenvalue weighted by Crippen LogP contribution is -2.27. The van der Waals surface area contributed by atoms with Crippen molar-refractivity contribution < 1.29 is 14.7 Å². The summed E-state index contributed by atoms with van der Waals surface area (Å²) in [5.74, 6) is -2.56. The van der Waals surface area contributed by atoms with Crippen LogP contribution in [0.3, 0.4) is 0 Å². The van der Waals surface area contributed by atoms with Gasteiger partial charge < -0.3 is 32.9 Å². The van der Waals surface area contributed by atoms with Gasteiger partial charge in [0.25, 0.3) is 5.91 Å². The smallest absolute Gasteiger partial charge is 0.358 e. The molecular formula is C22H23N9O3. The summed E-state index contributed by atoms with van der Waals surface area (Å²) in [5, 5.41) is 29.8. The fraction of sp³-hybridized carbons (Fsp3) is 0.0909. The van der Waals surface area contributed by atoms with Crippen LogP contribution in [-0.4, -0.2) is 38.6 Å². The standard InChI is InChI=1S/C22H23N9O3/c23-17(24)13-5-1-11(2-6-13)9-28-20-16(30-19(27)15(31-20)22(33)34)21(32)29-10-12-3-7-14(8-4-12)18(25)26/h1-8H,9-10H2,(H3,23,24)(H3,25,26)(H2,27,30)(H,28,31)(H,29,32)(H,33,34). The van der Waals surface area contributed by atoms with E-state index in [0.29, 0.717) is 11.1 Å². The fourth-order valence-electron chi connectivity index (χ4n) is 2.94.